The molecule has 0 aliphatic heterocycles. The second-order valence-electron chi connectivity index (χ2n) is 6.99. The summed E-state index contributed by atoms with van der Waals surface area (Å²) in [6.45, 7) is 4.43. The average Bonchev–Trinajstić information content (AvgIpc) is 2.74. The Bertz CT molecular complexity index is 1100. The van der Waals surface area contributed by atoms with Gasteiger partial charge in [-0.3, -0.25) is 4.79 Å². The summed E-state index contributed by atoms with van der Waals surface area (Å²) in [4.78, 5) is 12.7. The summed E-state index contributed by atoms with van der Waals surface area (Å²) < 4.78 is 51.9. The van der Waals surface area contributed by atoms with Crippen molar-refractivity contribution in [3.05, 3.63) is 86.5 Å². The number of halogens is 4. The van der Waals surface area contributed by atoms with Gasteiger partial charge in [0, 0.05) is 5.56 Å². The van der Waals surface area contributed by atoms with Crippen LogP contribution in [0.15, 0.2) is 60.7 Å². The van der Waals surface area contributed by atoms with Gasteiger partial charge in [0.1, 0.15) is 6.61 Å². The van der Waals surface area contributed by atoms with Crippen molar-refractivity contribution in [1.29, 1.82) is 0 Å². The van der Waals surface area contributed by atoms with Gasteiger partial charge in [-0.2, -0.15) is 13.2 Å². The summed E-state index contributed by atoms with van der Waals surface area (Å²) >= 11 is 2.02. The molecule has 0 saturated heterocycles. The second-order valence-corrected chi connectivity index (χ2v) is 8.15. The molecule has 3 rings (SSSR count). The molecule has 0 fully saturated rings. The highest BCUT2D eigenvalue weighted by Crippen LogP contribution is 2.37. The molecule has 168 valence electrons. The van der Waals surface area contributed by atoms with Gasteiger partial charge in [0.2, 0.25) is 0 Å². The number of amides is 1. The first-order chi connectivity index (χ1) is 15.2. The van der Waals surface area contributed by atoms with Crippen molar-refractivity contribution in [2.24, 2.45) is 0 Å². The van der Waals surface area contributed by atoms with E-state index in [0.717, 1.165) is 17.2 Å². The van der Waals surface area contributed by atoms with Crippen LogP contribution in [0.5, 0.6) is 11.5 Å². The number of rotatable bonds is 7. The van der Waals surface area contributed by atoms with E-state index in [2.05, 4.69) is 5.32 Å². The van der Waals surface area contributed by atoms with Gasteiger partial charge in [-0.25, -0.2) is 0 Å². The average molecular weight is 555 g/mol. The molecule has 1 amide bonds. The highest BCUT2D eigenvalue weighted by atomic mass is 127. The van der Waals surface area contributed by atoms with Crippen LogP contribution in [0.1, 0.15) is 34.0 Å². The third-order valence-electron chi connectivity index (χ3n) is 4.56. The molecule has 0 aliphatic rings. The predicted octanol–water partition coefficient (Wildman–Crippen LogP) is 6.85. The molecular formula is C24H21F3INO3. The zero-order valence-electron chi connectivity index (χ0n) is 17.4. The number of anilines is 1. The lowest BCUT2D eigenvalue weighted by Crippen LogP contribution is -2.17. The fourth-order valence-electron chi connectivity index (χ4n) is 2.98. The van der Waals surface area contributed by atoms with Crippen LogP contribution in [0, 0.1) is 10.5 Å². The fourth-order valence-corrected chi connectivity index (χ4v) is 3.73. The van der Waals surface area contributed by atoms with E-state index >= 15 is 0 Å². The molecule has 0 spiro atoms. The number of hydrogen-bond acceptors (Lipinski definition) is 3. The molecular weight excluding hydrogens is 534 g/mol. The van der Waals surface area contributed by atoms with E-state index < -0.39 is 17.6 Å². The van der Waals surface area contributed by atoms with Gasteiger partial charge in [-0.15, -0.1) is 0 Å². The monoisotopic (exact) mass is 555 g/mol. The number of benzene rings is 3. The molecule has 0 unspecified atom stereocenters. The normalized spacial score (nSPS) is 11.2. The Hall–Kier alpha value is -2.75. The summed E-state index contributed by atoms with van der Waals surface area (Å²) in [6, 6.07) is 15.8. The SMILES string of the molecule is CCOc1cc(C(=O)Nc2ccccc2C(F)(F)F)cc(I)c1OCc1ccc(C)cc1. The number of carbonyl (C=O) groups is 1. The molecule has 4 nitrogen and oxygen atoms in total. The first-order valence-electron chi connectivity index (χ1n) is 9.81. The maximum Gasteiger partial charge on any atom is 0.418 e. The largest absolute Gasteiger partial charge is 0.490 e. The molecule has 0 aliphatic carbocycles. The van der Waals surface area contributed by atoms with Crippen LogP contribution < -0.4 is 14.8 Å². The van der Waals surface area contributed by atoms with E-state index in [-0.39, 0.29) is 11.3 Å². The fraction of sp³-hybridized carbons (Fsp3) is 0.208. The van der Waals surface area contributed by atoms with Gasteiger partial charge in [-0.05, 0) is 66.3 Å². The highest BCUT2D eigenvalue weighted by Gasteiger charge is 2.33. The molecule has 1 N–H and O–H groups in total. The summed E-state index contributed by atoms with van der Waals surface area (Å²) in [7, 11) is 0. The zero-order valence-corrected chi connectivity index (χ0v) is 19.6. The predicted molar refractivity (Wildman–Crippen MR) is 125 cm³/mol. The molecule has 0 heterocycles. The lowest BCUT2D eigenvalue weighted by molar-refractivity contribution is -0.136. The van der Waals surface area contributed by atoms with E-state index in [1.807, 2.05) is 53.8 Å². The van der Waals surface area contributed by atoms with Crippen molar-refractivity contribution in [3.63, 3.8) is 0 Å². The Labute approximate surface area is 197 Å². The Morgan fingerprint density at radius 1 is 1.03 bits per heavy atom. The molecule has 0 atom stereocenters. The van der Waals surface area contributed by atoms with Crippen LogP contribution in [0.25, 0.3) is 0 Å². The number of nitrogens with one attached hydrogen (secondary N) is 1. The molecule has 0 radical (unpaired) electrons. The van der Waals surface area contributed by atoms with E-state index in [4.69, 9.17) is 9.47 Å². The summed E-state index contributed by atoms with van der Waals surface area (Å²) in [5.41, 5.74) is 1.06. The van der Waals surface area contributed by atoms with Crippen molar-refractivity contribution >= 4 is 34.2 Å². The Morgan fingerprint density at radius 2 is 1.72 bits per heavy atom. The van der Waals surface area contributed by atoms with Crippen LogP contribution >= 0.6 is 22.6 Å². The van der Waals surface area contributed by atoms with Gasteiger partial charge >= 0.3 is 6.18 Å². The minimum absolute atomic E-state index is 0.164. The number of ether oxygens (including phenoxy) is 2. The Balaban J connectivity index is 1.85. The molecule has 0 aromatic heterocycles. The maximum absolute atomic E-state index is 13.2. The van der Waals surface area contributed by atoms with Crippen molar-refractivity contribution in [3.8, 4) is 11.5 Å². The standard InChI is InChI=1S/C24H21F3INO3/c1-3-31-21-13-17(23(30)29-20-7-5-4-6-18(20)24(25,26)27)12-19(28)22(21)32-14-16-10-8-15(2)9-11-16/h4-13H,3,14H2,1-2H3,(H,29,30). The van der Waals surface area contributed by atoms with Gasteiger partial charge in [-0.1, -0.05) is 42.0 Å². The van der Waals surface area contributed by atoms with Crippen molar-refractivity contribution in [2.75, 3.05) is 11.9 Å². The number of hydrogen-bond donors (Lipinski definition) is 1. The van der Waals surface area contributed by atoms with Crippen LogP contribution in [0.4, 0.5) is 18.9 Å². The van der Waals surface area contributed by atoms with E-state index in [9.17, 15) is 18.0 Å². The van der Waals surface area contributed by atoms with E-state index in [1.54, 1.807) is 13.0 Å². The molecule has 3 aromatic rings. The lowest BCUT2D eigenvalue weighted by atomic mass is 10.1. The number of para-hydroxylation sites is 1. The quantitative estimate of drug-likeness (QED) is 0.325. The third-order valence-corrected chi connectivity index (χ3v) is 5.36. The molecule has 32 heavy (non-hydrogen) atoms. The number of aryl methyl sites for hydroxylation is 1. The molecule has 0 saturated carbocycles. The van der Waals surface area contributed by atoms with Crippen molar-refractivity contribution in [1.82, 2.24) is 0 Å². The number of carbonyl (C=O) groups excluding carboxylic acids is 1. The summed E-state index contributed by atoms with van der Waals surface area (Å²) in [5.74, 6) is 0.145. The maximum atomic E-state index is 13.2. The second kappa shape index (κ2) is 10.2. The molecule has 0 bridgehead atoms. The van der Waals surface area contributed by atoms with E-state index in [1.165, 1.54) is 24.3 Å². The van der Waals surface area contributed by atoms with Crippen LogP contribution in [-0.2, 0) is 12.8 Å². The summed E-state index contributed by atoms with van der Waals surface area (Å²) in [5, 5.41) is 2.35. The van der Waals surface area contributed by atoms with Crippen LogP contribution in [0.3, 0.4) is 0 Å². The minimum Gasteiger partial charge on any atom is -0.490 e. The summed E-state index contributed by atoms with van der Waals surface area (Å²) in [6.07, 6.45) is -4.58. The lowest BCUT2D eigenvalue weighted by Gasteiger charge is -2.17. The van der Waals surface area contributed by atoms with Crippen molar-refractivity contribution in [2.45, 2.75) is 26.6 Å². The zero-order chi connectivity index (χ0) is 23.3. The van der Waals surface area contributed by atoms with Gasteiger partial charge in [0.15, 0.2) is 11.5 Å². The van der Waals surface area contributed by atoms with Crippen LogP contribution in [0.2, 0.25) is 0 Å². The Kier molecular flexibility index (Phi) is 7.65. The van der Waals surface area contributed by atoms with Crippen molar-refractivity contribution < 1.29 is 27.4 Å². The van der Waals surface area contributed by atoms with Gasteiger partial charge in [0.25, 0.3) is 5.91 Å². The van der Waals surface area contributed by atoms with Crippen LogP contribution in [-0.4, -0.2) is 12.5 Å². The third kappa shape index (κ3) is 5.93. The topological polar surface area (TPSA) is 47.6 Å². The molecule has 8 heteroatoms. The van der Waals surface area contributed by atoms with Gasteiger partial charge < -0.3 is 14.8 Å². The van der Waals surface area contributed by atoms with E-state index in [0.29, 0.717) is 28.3 Å². The first kappa shape index (κ1) is 23.9. The number of alkyl halides is 3. The minimum atomic E-state index is -4.58. The van der Waals surface area contributed by atoms with Gasteiger partial charge in [0.05, 0.1) is 21.4 Å². The first-order valence-corrected chi connectivity index (χ1v) is 10.9. The smallest absolute Gasteiger partial charge is 0.418 e. The Morgan fingerprint density at radius 3 is 2.38 bits per heavy atom. The molecule has 3 aromatic carbocycles. The highest BCUT2D eigenvalue weighted by molar-refractivity contribution is 14.1.